The summed E-state index contributed by atoms with van der Waals surface area (Å²) >= 11 is 0. The molecule has 1 aromatic rings. The monoisotopic (exact) mass is 293 g/mol. The highest BCUT2D eigenvalue weighted by Crippen LogP contribution is 2.12. The van der Waals surface area contributed by atoms with Gasteiger partial charge in [0, 0.05) is 18.4 Å². The molecule has 1 heterocycles. The lowest BCUT2D eigenvalue weighted by molar-refractivity contribution is -0.128. The quantitative estimate of drug-likeness (QED) is 0.757. The molecule has 7 heteroatoms. The Kier molecular flexibility index (Phi) is 5.40. The van der Waals surface area contributed by atoms with Gasteiger partial charge in [-0.1, -0.05) is 26.8 Å². The van der Waals surface area contributed by atoms with Crippen molar-refractivity contribution in [1.29, 1.82) is 0 Å². The van der Waals surface area contributed by atoms with Gasteiger partial charge in [0.15, 0.2) is 5.69 Å². The zero-order valence-electron chi connectivity index (χ0n) is 12.3. The van der Waals surface area contributed by atoms with Crippen molar-refractivity contribution >= 4 is 23.6 Å². The standard InChI is InChI=1S/C14H19N3O4/c1-14(2,3)13(21)15-8-7-11(18)17-10-6-4-5-9(16-10)12(19)20/h4-6H,7-8H2,1-3H3,(H,15,21)(H,19,20)(H,16,17,18). The maximum Gasteiger partial charge on any atom is 0.354 e. The molecule has 3 N–H and O–H groups in total. The Hall–Kier alpha value is -2.44. The van der Waals surface area contributed by atoms with Crippen LogP contribution in [0.1, 0.15) is 37.7 Å². The zero-order valence-corrected chi connectivity index (χ0v) is 12.3. The fourth-order valence-electron chi connectivity index (χ4n) is 1.38. The van der Waals surface area contributed by atoms with E-state index in [-0.39, 0.29) is 36.3 Å². The van der Waals surface area contributed by atoms with Gasteiger partial charge in [0.05, 0.1) is 0 Å². The predicted octanol–water partition coefficient (Wildman–Crippen LogP) is 1.27. The fraction of sp³-hybridized carbons (Fsp3) is 0.429. The second-order valence-corrected chi connectivity index (χ2v) is 5.52. The first-order valence-electron chi connectivity index (χ1n) is 6.48. The van der Waals surface area contributed by atoms with Crippen LogP contribution in [-0.2, 0) is 9.59 Å². The number of pyridine rings is 1. The highest BCUT2D eigenvalue weighted by atomic mass is 16.4. The van der Waals surface area contributed by atoms with Crippen LogP contribution >= 0.6 is 0 Å². The number of nitrogens with one attached hydrogen (secondary N) is 2. The van der Waals surface area contributed by atoms with Crippen LogP contribution in [-0.4, -0.2) is 34.4 Å². The van der Waals surface area contributed by atoms with Crippen molar-refractivity contribution in [1.82, 2.24) is 10.3 Å². The van der Waals surface area contributed by atoms with Crippen LogP contribution in [0.2, 0.25) is 0 Å². The lowest BCUT2D eigenvalue weighted by atomic mass is 9.96. The van der Waals surface area contributed by atoms with Crippen molar-refractivity contribution in [2.45, 2.75) is 27.2 Å². The molecule has 7 nitrogen and oxygen atoms in total. The number of anilines is 1. The third kappa shape index (κ3) is 5.60. The van der Waals surface area contributed by atoms with Crippen molar-refractivity contribution in [3.05, 3.63) is 23.9 Å². The predicted molar refractivity (Wildman–Crippen MR) is 76.9 cm³/mol. The van der Waals surface area contributed by atoms with E-state index in [1.54, 1.807) is 20.8 Å². The number of hydrogen-bond donors (Lipinski definition) is 3. The summed E-state index contributed by atoms with van der Waals surface area (Å²) in [6, 6.07) is 4.33. The van der Waals surface area contributed by atoms with E-state index in [1.165, 1.54) is 18.2 Å². The van der Waals surface area contributed by atoms with Crippen LogP contribution < -0.4 is 10.6 Å². The largest absolute Gasteiger partial charge is 0.477 e. The number of aromatic nitrogens is 1. The van der Waals surface area contributed by atoms with Gasteiger partial charge < -0.3 is 15.7 Å². The summed E-state index contributed by atoms with van der Waals surface area (Å²) in [5, 5.41) is 13.9. The van der Waals surface area contributed by atoms with Gasteiger partial charge in [0.25, 0.3) is 0 Å². The lowest BCUT2D eigenvalue weighted by Gasteiger charge is -2.17. The molecule has 0 aliphatic rings. The Balaban J connectivity index is 2.46. The van der Waals surface area contributed by atoms with Crippen molar-refractivity contribution in [2.75, 3.05) is 11.9 Å². The number of hydrogen-bond acceptors (Lipinski definition) is 4. The first-order valence-corrected chi connectivity index (χ1v) is 6.48. The highest BCUT2D eigenvalue weighted by Gasteiger charge is 2.20. The molecule has 0 atom stereocenters. The molecule has 0 saturated carbocycles. The summed E-state index contributed by atoms with van der Waals surface area (Å²) in [4.78, 5) is 37.8. The zero-order chi connectivity index (χ0) is 16.0. The Morgan fingerprint density at radius 1 is 1.24 bits per heavy atom. The second-order valence-electron chi connectivity index (χ2n) is 5.52. The van der Waals surface area contributed by atoms with Crippen molar-refractivity contribution in [3.8, 4) is 0 Å². The molecular weight excluding hydrogens is 274 g/mol. The minimum atomic E-state index is -1.16. The van der Waals surface area contributed by atoms with E-state index < -0.39 is 11.4 Å². The lowest BCUT2D eigenvalue weighted by Crippen LogP contribution is -2.36. The molecule has 1 aromatic heterocycles. The molecular formula is C14H19N3O4. The molecule has 0 unspecified atom stereocenters. The van der Waals surface area contributed by atoms with Gasteiger partial charge in [0.2, 0.25) is 11.8 Å². The third-order valence-corrected chi connectivity index (χ3v) is 2.55. The molecule has 114 valence electrons. The van der Waals surface area contributed by atoms with E-state index in [0.29, 0.717) is 0 Å². The van der Waals surface area contributed by atoms with Crippen LogP contribution in [0.15, 0.2) is 18.2 Å². The van der Waals surface area contributed by atoms with Crippen LogP contribution in [0, 0.1) is 5.41 Å². The minimum Gasteiger partial charge on any atom is -0.477 e. The summed E-state index contributed by atoms with van der Waals surface area (Å²) in [7, 11) is 0. The molecule has 0 spiro atoms. The normalized spacial score (nSPS) is 10.8. The van der Waals surface area contributed by atoms with E-state index in [0.717, 1.165) is 0 Å². The Morgan fingerprint density at radius 2 is 1.90 bits per heavy atom. The average molecular weight is 293 g/mol. The van der Waals surface area contributed by atoms with Gasteiger partial charge in [-0.05, 0) is 12.1 Å². The number of amides is 2. The summed E-state index contributed by atoms with van der Waals surface area (Å²) in [6.07, 6.45) is 0.0841. The number of carboxylic acids is 1. The van der Waals surface area contributed by atoms with Crippen LogP contribution in [0.5, 0.6) is 0 Å². The van der Waals surface area contributed by atoms with Gasteiger partial charge >= 0.3 is 5.97 Å². The fourth-order valence-corrected chi connectivity index (χ4v) is 1.38. The van der Waals surface area contributed by atoms with E-state index in [1.807, 2.05) is 0 Å². The SMILES string of the molecule is CC(C)(C)C(=O)NCCC(=O)Nc1cccc(C(=O)O)n1. The van der Waals surface area contributed by atoms with E-state index >= 15 is 0 Å². The van der Waals surface area contributed by atoms with Crippen LogP contribution in [0.4, 0.5) is 5.82 Å². The summed E-state index contributed by atoms with van der Waals surface area (Å²) in [5.41, 5.74) is -0.651. The number of aromatic carboxylic acids is 1. The highest BCUT2D eigenvalue weighted by molar-refractivity contribution is 5.91. The first-order chi connectivity index (χ1) is 9.70. The average Bonchev–Trinajstić information content (AvgIpc) is 2.37. The molecule has 0 radical (unpaired) electrons. The third-order valence-electron chi connectivity index (χ3n) is 2.55. The van der Waals surface area contributed by atoms with Crippen LogP contribution in [0.25, 0.3) is 0 Å². The second kappa shape index (κ2) is 6.83. The summed E-state index contributed by atoms with van der Waals surface area (Å²) in [5.74, 6) is -1.48. The minimum absolute atomic E-state index is 0.0841. The molecule has 0 saturated heterocycles. The smallest absolute Gasteiger partial charge is 0.354 e. The number of carbonyl (C=O) groups excluding carboxylic acids is 2. The Labute approximate surface area is 122 Å². The maximum atomic E-state index is 11.7. The van der Waals surface area contributed by atoms with Crippen molar-refractivity contribution in [2.24, 2.45) is 5.41 Å². The van der Waals surface area contributed by atoms with Gasteiger partial charge in [-0.3, -0.25) is 9.59 Å². The summed E-state index contributed by atoms with van der Waals surface area (Å²) < 4.78 is 0. The van der Waals surface area contributed by atoms with Crippen LogP contribution in [0.3, 0.4) is 0 Å². The maximum absolute atomic E-state index is 11.7. The Bertz CT molecular complexity index is 549. The Morgan fingerprint density at radius 3 is 2.48 bits per heavy atom. The van der Waals surface area contributed by atoms with E-state index in [9.17, 15) is 14.4 Å². The topological polar surface area (TPSA) is 108 Å². The van der Waals surface area contributed by atoms with Gasteiger partial charge in [-0.15, -0.1) is 0 Å². The van der Waals surface area contributed by atoms with E-state index in [4.69, 9.17) is 5.11 Å². The van der Waals surface area contributed by atoms with Gasteiger partial charge in [-0.2, -0.15) is 0 Å². The molecule has 21 heavy (non-hydrogen) atoms. The number of carboxylic acid groups (broad SMARTS) is 1. The van der Waals surface area contributed by atoms with Gasteiger partial charge in [-0.25, -0.2) is 9.78 Å². The van der Waals surface area contributed by atoms with Crippen molar-refractivity contribution < 1.29 is 19.5 Å². The summed E-state index contributed by atoms with van der Waals surface area (Å²) in [6.45, 7) is 5.55. The molecule has 2 amide bonds. The number of rotatable bonds is 5. The number of carbonyl (C=O) groups is 3. The molecule has 0 bridgehead atoms. The molecule has 0 aliphatic heterocycles. The molecule has 0 fully saturated rings. The van der Waals surface area contributed by atoms with Gasteiger partial charge in [0.1, 0.15) is 5.82 Å². The van der Waals surface area contributed by atoms with Crippen molar-refractivity contribution in [3.63, 3.8) is 0 Å². The first kappa shape index (κ1) is 16.6. The molecule has 0 aliphatic carbocycles. The van der Waals surface area contributed by atoms with E-state index in [2.05, 4.69) is 15.6 Å². The number of nitrogens with zero attached hydrogens (tertiary/aromatic N) is 1. The molecule has 0 aromatic carbocycles. The molecule has 1 rings (SSSR count).